The van der Waals surface area contributed by atoms with E-state index in [0.29, 0.717) is 32.3 Å². The molecule has 6 heteroatoms. The molecular weight excluding hydrogens is 306 g/mol. The van der Waals surface area contributed by atoms with Crippen molar-refractivity contribution >= 4 is 5.96 Å². The summed E-state index contributed by atoms with van der Waals surface area (Å²) in [5, 5.41) is 3.38. The quantitative estimate of drug-likeness (QED) is 0.315. The zero-order valence-corrected chi connectivity index (χ0v) is 15.9. The Balaban J connectivity index is 2.18. The van der Waals surface area contributed by atoms with Gasteiger partial charge in [0.2, 0.25) is 0 Å². The van der Waals surface area contributed by atoms with Crippen LogP contribution in [0.25, 0.3) is 0 Å². The van der Waals surface area contributed by atoms with Gasteiger partial charge in [-0.3, -0.25) is 4.99 Å². The molecule has 142 valence electrons. The van der Waals surface area contributed by atoms with E-state index in [4.69, 9.17) is 14.2 Å². The summed E-state index contributed by atoms with van der Waals surface area (Å²) in [6.45, 7) is 14.4. The average molecular weight is 344 g/mol. The number of rotatable bonds is 13. The molecule has 1 aliphatic heterocycles. The lowest BCUT2D eigenvalue weighted by atomic mass is 10.1. The first kappa shape index (κ1) is 21.2. The molecule has 6 nitrogen and oxygen atoms in total. The minimum atomic E-state index is 0.616. The summed E-state index contributed by atoms with van der Waals surface area (Å²) in [6.07, 6.45) is 3.47. The first-order valence-corrected chi connectivity index (χ1v) is 9.58. The number of aliphatic imine (C=N–C) groups is 1. The lowest BCUT2D eigenvalue weighted by molar-refractivity contribution is 0.0497. The predicted molar refractivity (Wildman–Crippen MR) is 98.7 cm³/mol. The SMILES string of the molecule is CCCCOCCOCCN=C(NCC)N1CCC(COCC)C1. The average Bonchev–Trinajstić information content (AvgIpc) is 3.06. The summed E-state index contributed by atoms with van der Waals surface area (Å²) in [6, 6.07) is 0. The molecule has 1 aliphatic rings. The van der Waals surface area contributed by atoms with E-state index in [1.807, 2.05) is 6.92 Å². The van der Waals surface area contributed by atoms with Gasteiger partial charge in [0.15, 0.2) is 5.96 Å². The van der Waals surface area contributed by atoms with E-state index in [0.717, 1.165) is 51.8 Å². The van der Waals surface area contributed by atoms with Gasteiger partial charge < -0.3 is 24.4 Å². The normalized spacial score (nSPS) is 18.4. The molecular formula is C18H37N3O3. The Kier molecular flexibility index (Phi) is 12.8. The van der Waals surface area contributed by atoms with Crippen molar-refractivity contribution in [1.29, 1.82) is 0 Å². The van der Waals surface area contributed by atoms with Crippen LogP contribution in [0.4, 0.5) is 0 Å². The number of guanidine groups is 1. The third-order valence-electron chi connectivity index (χ3n) is 3.99. The number of hydrogen-bond acceptors (Lipinski definition) is 4. The second-order valence-electron chi connectivity index (χ2n) is 6.07. The van der Waals surface area contributed by atoms with E-state index in [1.165, 1.54) is 12.8 Å². The molecule has 1 unspecified atom stereocenters. The number of unbranched alkanes of at least 4 members (excludes halogenated alkanes) is 1. The van der Waals surface area contributed by atoms with E-state index in [-0.39, 0.29) is 0 Å². The van der Waals surface area contributed by atoms with Gasteiger partial charge in [-0.1, -0.05) is 13.3 Å². The minimum absolute atomic E-state index is 0.616. The highest BCUT2D eigenvalue weighted by Gasteiger charge is 2.24. The smallest absolute Gasteiger partial charge is 0.194 e. The summed E-state index contributed by atoms with van der Waals surface area (Å²) >= 11 is 0. The maximum atomic E-state index is 5.58. The van der Waals surface area contributed by atoms with Gasteiger partial charge in [0.05, 0.1) is 33.0 Å². The summed E-state index contributed by atoms with van der Waals surface area (Å²) in [5.41, 5.74) is 0. The second-order valence-corrected chi connectivity index (χ2v) is 6.07. The second kappa shape index (κ2) is 14.5. The molecule has 0 saturated carbocycles. The van der Waals surface area contributed by atoms with Crippen molar-refractivity contribution in [2.75, 3.05) is 65.8 Å². The largest absolute Gasteiger partial charge is 0.381 e. The molecule has 0 aromatic heterocycles. The minimum Gasteiger partial charge on any atom is -0.381 e. The van der Waals surface area contributed by atoms with Crippen molar-refractivity contribution in [1.82, 2.24) is 10.2 Å². The van der Waals surface area contributed by atoms with E-state index in [9.17, 15) is 0 Å². The van der Waals surface area contributed by atoms with Crippen LogP contribution in [0, 0.1) is 5.92 Å². The molecule has 24 heavy (non-hydrogen) atoms. The molecule has 1 heterocycles. The number of nitrogens with one attached hydrogen (secondary N) is 1. The Bertz CT molecular complexity index is 327. The molecule has 1 N–H and O–H groups in total. The van der Waals surface area contributed by atoms with Crippen LogP contribution >= 0.6 is 0 Å². The topological polar surface area (TPSA) is 55.3 Å². The molecule has 0 aliphatic carbocycles. The van der Waals surface area contributed by atoms with Gasteiger partial charge in [0.1, 0.15) is 0 Å². The van der Waals surface area contributed by atoms with Crippen LogP contribution in [-0.4, -0.2) is 76.7 Å². The molecule has 1 atom stereocenters. The zero-order chi connectivity index (χ0) is 17.5. The fraction of sp³-hybridized carbons (Fsp3) is 0.944. The van der Waals surface area contributed by atoms with E-state index >= 15 is 0 Å². The lowest BCUT2D eigenvalue weighted by Gasteiger charge is -2.21. The zero-order valence-electron chi connectivity index (χ0n) is 15.9. The van der Waals surface area contributed by atoms with Crippen molar-refractivity contribution in [3.8, 4) is 0 Å². The highest BCUT2D eigenvalue weighted by molar-refractivity contribution is 5.80. The number of likely N-dealkylation sites (tertiary alicyclic amines) is 1. The highest BCUT2D eigenvalue weighted by Crippen LogP contribution is 2.16. The Morgan fingerprint density at radius 3 is 2.58 bits per heavy atom. The Hall–Kier alpha value is -0.850. The summed E-state index contributed by atoms with van der Waals surface area (Å²) in [7, 11) is 0. The summed E-state index contributed by atoms with van der Waals surface area (Å²) < 4.78 is 16.6. The van der Waals surface area contributed by atoms with Gasteiger partial charge in [-0.25, -0.2) is 0 Å². The number of hydrogen-bond donors (Lipinski definition) is 1. The van der Waals surface area contributed by atoms with E-state index < -0.39 is 0 Å². The van der Waals surface area contributed by atoms with E-state index in [1.54, 1.807) is 0 Å². The molecule has 1 rings (SSSR count). The molecule has 1 saturated heterocycles. The molecule has 0 radical (unpaired) electrons. The predicted octanol–water partition coefficient (Wildman–Crippen LogP) is 2.14. The van der Waals surface area contributed by atoms with E-state index in [2.05, 4.69) is 29.1 Å². The van der Waals surface area contributed by atoms with Crippen molar-refractivity contribution in [2.45, 2.75) is 40.0 Å². The van der Waals surface area contributed by atoms with Crippen molar-refractivity contribution in [2.24, 2.45) is 10.9 Å². The molecule has 0 aromatic rings. The van der Waals surface area contributed by atoms with Gasteiger partial charge in [0.25, 0.3) is 0 Å². The number of nitrogens with zero attached hydrogens (tertiary/aromatic N) is 2. The van der Waals surface area contributed by atoms with Crippen LogP contribution in [0.1, 0.15) is 40.0 Å². The monoisotopic (exact) mass is 343 g/mol. The number of ether oxygens (including phenoxy) is 3. The molecule has 0 amide bonds. The van der Waals surface area contributed by atoms with Gasteiger partial charge >= 0.3 is 0 Å². The van der Waals surface area contributed by atoms with Gasteiger partial charge in [-0.05, 0) is 26.7 Å². The lowest BCUT2D eigenvalue weighted by Crippen LogP contribution is -2.40. The first-order valence-electron chi connectivity index (χ1n) is 9.58. The van der Waals surface area contributed by atoms with Crippen LogP contribution in [0.15, 0.2) is 4.99 Å². The van der Waals surface area contributed by atoms with Crippen molar-refractivity contribution in [3.05, 3.63) is 0 Å². The summed E-state index contributed by atoms with van der Waals surface area (Å²) in [4.78, 5) is 7.02. The van der Waals surface area contributed by atoms with Crippen LogP contribution in [-0.2, 0) is 14.2 Å². The molecule has 0 spiro atoms. The van der Waals surface area contributed by atoms with Crippen LogP contribution < -0.4 is 5.32 Å². The van der Waals surface area contributed by atoms with Gasteiger partial charge in [-0.15, -0.1) is 0 Å². The maximum Gasteiger partial charge on any atom is 0.194 e. The van der Waals surface area contributed by atoms with Gasteiger partial charge in [0, 0.05) is 38.8 Å². The fourth-order valence-electron chi connectivity index (χ4n) is 2.66. The fourth-order valence-corrected chi connectivity index (χ4v) is 2.66. The van der Waals surface area contributed by atoms with Crippen molar-refractivity contribution < 1.29 is 14.2 Å². The Labute approximate surface area is 147 Å². The van der Waals surface area contributed by atoms with Crippen LogP contribution in [0.3, 0.4) is 0 Å². The first-order chi connectivity index (χ1) is 11.8. The maximum absolute atomic E-state index is 5.58. The van der Waals surface area contributed by atoms with Crippen molar-refractivity contribution in [3.63, 3.8) is 0 Å². The molecule has 0 aromatic carbocycles. The summed E-state index contributed by atoms with van der Waals surface area (Å²) in [5.74, 6) is 1.62. The standard InChI is InChI=1S/C18H37N3O3/c1-4-7-11-23-13-14-24-12-9-20-18(19-5-2)21-10-8-17(15-21)16-22-6-3/h17H,4-16H2,1-3H3,(H,19,20). The molecule has 0 bridgehead atoms. The van der Waals surface area contributed by atoms with Crippen LogP contribution in [0.2, 0.25) is 0 Å². The Morgan fingerprint density at radius 1 is 1.08 bits per heavy atom. The van der Waals surface area contributed by atoms with Crippen LogP contribution in [0.5, 0.6) is 0 Å². The Morgan fingerprint density at radius 2 is 1.88 bits per heavy atom. The molecule has 1 fully saturated rings. The third kappa shape index (κ3) is 9.45. The third-order valence-corrected chi connectivity index (χ3v) is 3.99. The van der Waals surface area contributed by atoms with Gasteiger partial charge in [-0.2, -0.15) is 0 Å². The highest BCUT2D eigenvalue weighted by atomic mass is 16.5.